The summed E-state index contributed by atoms with van der Waals surface area (Å²) in [4.78, 5) is 6.89. The van der Waals surface area contributed by atoms with Crippen LogP contribution in [0, 0.1) is 0 Å². The molecule has 2 aromatic carbocycles. The highest BCUT2D eigenvalue weighted by Gasteiger charge is 2.18. The van der Waals surface area contributed by atoms with Crippen molar-refractivity contribution in [2.75, 3.05) is 19.0 Å². The van der Waals surface area contributed by atoms with Gasteiger partial charge in [0.2, 0.25) is 5.95 Å². The van der Waals surface area contributed by atoms with E-state index < -0.39 is 0 Å². The van der Waals surface area contributed by atoms with E-state index in [0.717, 1.165) is 22.9 Å². The Morgan fingerprint density at radius 3 is 1.86 bits per heavy atom. The topological polar surface area (TPSA) is 21.1 Å². The van der Waals surface area contributed by atoms with E-state index in [4.69, 9.17) is 4.98 Å². The van der Waals surface area contributed by atoms with Crippen molar-refractivity contribution in [2.45, 2.75) is 0 Å². The van der Waals surface area contributed by atoms with Crippen molar-refractivity contribution >= 4 is 5.95 Å². The zero-order valence-corrected chi connectivity index (χ0v) is 12.6. The average molecular weight is 277 g/mol. The molecule has 0 saturated heterocycles. The standard InChI is InChI=1S/C18H19N3/c1-20(2)18-19-16(14-10-6-4-7-11-14)17(21(18)3)15-12-8-5-9-13-15/h4-13H,1-3H3. The van der Waals surface area contributed by atoms with Crippen molar-refractivity contribution < 1.29 is 0 Å². The van der Waals surface area contributed by atoms with Crippen LogP contribution in [0.3, 0.4) is 0 Å². The van der Waals surface area contributed by atoms with Crippen LogP contribution in [0.4, 0.5) is 5.95 Å². The maximum absolute atomic E-state index is 4.84. The van der Waals surface area contributed by atoms with Crippen molar-refractivity contribution in [3.63, 3.8) is 0 Å². The van der Waals surface area contributed by atoms with Crippen molar-refractivity contribution in [3.8, 4) is 22.5 Å². The van der Waals surface area contributed by atoms with Gasteiger partial charge in [-0.25, -0.2) is 4.98 Å². The van der Waals surface area contributed by atoms with E-state index in [1.54, 1.807) is 0 Å². The van der Waals surface area contributed by atoms with Gasteiger partial charge < -0.3 is 9.47 Å². The first-order valence-corrected chi connectivity index (χ1v) is 7.03. The van der Waals surface area contributed by atoms with Crippen molar-refractivity contribution in [1.29, 1.82) is 0 Å². The lowest BCUT2D eigenvalue weighted by molar-refractivity contribution is 0.873. The third-order valence-corrected chi connectivity index (χ3v) is 3.57. The zero-order chi connectivity index (χ0) is 14.8. The third kappa shape index (κ3) is 2.42. The number of aromatic nitrogens is 2. The quantitative estimate of drug-likeness (QED) is 0.725. The Balaban J connectivity index is 2.26. The molecule has 0 aliphatic carbocycles. The van der Waals surface area contributed by atoms with Gasteiger partial charge in [0.05, 0.1) is 11.4 Å². The zero-order valence-electron chi connectivity index (χ0n) is 12.6. The molecule has 0 aliphatic heterocycles. The van der Waals surface area contributed by atoms with Crippen LogP contribution in [0.2, 0.25) is 0 Å². The van der Waals surface area contributed by atoms with Gasteiger partial charge in [-0.2, -0.15) is 0 Å². The molecule has 0 spiro atoms. The Morgan fingerprint density at radius 1 is 0.810 bits per heavy atom. The normalized spacial score (nSPS) is 10.6. The molecule has 0 atom stereocenters. The van der Waals surface area contributed by atoms with E-state index in [2.05, 4.69) is 48.0 Å². The van der Waals surface area contributed by atoms with Crippen molar-refractivity contribution in [3.05, 3.63) is 60.7 Å². The molecule has 0 bridgehead atoms. The Hall–Kier alpha value is -2.55. The molecule has 0 saturated carbocycles. The first kappa shape index (κ1) is 13.4. The molecule has 0 unspecified atom stereocenters. The van der Waals surface area contributed by atoms with Crippen LogP contribution in [-0.4, -0.2) is 23.6 Å². The largest absolute Gasteiger partial charge is 0.348 e. The number of anilines is 1. The number of benzene rings is 2. The Bertz CT molecular complexity index is 728. The second-order valence-electron chi connectivity index (χ2n) is 5.29. The average Bonchev–Trinajstić information content (AvgIpc) is 2.87. The minimum Gasteiger partial charge on any atom is -0.348 e. The van der Waals surface area contributed by atoms with E-state index in [0.29, 0.717) is 0 Å². The summed E-state index contributed by atoms with van der Waals surface area (Å²) in [6.45, 7) is 0. The van der Waals surface area contributed by atoms with Gasteiger partial charge in [0.15, 0.2) is 0 Å². The van der Waals surface area contributed by atoms with Crippen LogP contribution in [0.25, 0.3) is 22.5 Å². The molecule has 3 nitrogen and oxygen atoms in total. The molecule has 106 valence electrons. The fourth-order valence-corrected chi connectivity index (χ4v) is 2.61. The van der Waals surface area contributed by atoms with Crippen molar-refractivity contribution in [1.82, 2.24) is 9.55 Å². The first-order chi connectivity index (χ1) is 10.2. The maximum atomic E-state index is 4.84. The molecular formula is C18H19N3. The molecule has 0 amide bonds. The second kappa shape index (κ2) is 5.44. The van der Waals surface area contributed by atoms with Crippen molar-refractivity contribution in [2.24, 2.45) is 7.05 Å². The molecule has 0 aliphatic rings. The van der Waals surface area contributed by atoms with E-state index in [-0.39, 0.29) is 0 Å². The Kier molecular flexibility index (Phi) is 3.48. The van der Waals surface area contributed by atoms with Crippen LogP contribution in [0.15, 0.2) is 60.7 Å². The van der Waals surface area contributed by atoms with Gasteiger partial charge in [-0.3, -0.25) is 0 Å². The summed E-state index contributed by atoms with van der Waals surface area (Å²) in [6.07, 6.45) is 0. The lowest BCUT2D eigenvalue weighted by Gasteiger charge is -2.12. The third-order valence-electron chi connectivity index (χ3n) is 3.57. The Morgan fingerprint density at radius 2 is 1.33 bits per heavy atom. The van der Waals surface area contributed by atoms with Crippen LogP contribution < -0.4 is 4.90 Å². The van der Waals surface area contributed by atoms with Gasteiger partial charge in [-0.1, -0.05) is 60.7 Å². The molecule has 0 N–H and O–H groups in total. The van der Waals surface area contributed by atoms with Gasteiger partial charge in [0.25, 0.3) is 0 Å². The maximum Gasteiger partial charge on any atom is 0.205 e. The summed E-state index contributed by atoms with van der Waals surface area (Å²) in [5.74, 6) is 0.952. The summed E-state index contributed by atoms with van der Waals surface area (Å²) in [7, 11) is 6.11. The summed E-state index contributed by atoms with van der Waals surface area (Å²) in [6, 6.07) is 20.8. The van der Waals surface area contributed by atoms with Crippen LogP contribution in [-0.2, 0) is 7.05 Å². The van der Waals surface area contributed by atoms with E-state index >= 15 is 0 Å². The molecule has 0 radical (unpaired) electrons. The minimum absolute atomic E-state index is 0.952. The number of rotatable bonds is 3. The fraction of sp³-hybridized carbons (Fsp3) is 0.167. The van der Waals surface area contributed by atoms with Crippen LogP contribution in [0.5, 0.6) is 0 Å². The lowest BCUT2D eigenvalue weighted by Crippen LogP contribution is -2.14. The molecule has 3 heteroatoms. The monoisotopic (exact) mass is 277 g/mol. The predicted molar refractivity (Wildman–Crippen MR) is 88.4 cm³/mol. The molecule has 1 aromatic heterocycles. The van der Waals surface area contributed by atoms with Gasteiger partial charge in [0, 0.05) is 32.3 Å². The molecule has 0 fully saturated rings. The molecule has 1 heterocycles. The highest BCUT2D eigenvalue weighted by atomic mass is 15.3. The van der Waals surface area contributed by atoms with Gasteiger partial charge in [-0.15, -0.1) is 0 Å². The highest BCUT2D eigenvalue weighted by molar-refractivity contribution is 5.80. The molecule has 3 rings (SSSR count). The summed E-state index contributed by atoms with van der Waals surface area (Å²) >= 11 is 0. The lowest BCUT2D eigenvalue weighted by atomic mass is 10.1. The minimum atomic E-state index is 0.952. The van der Waals surface area contributed by atoms with E-state index in [1.165, 1.54) is 5.56 Å². The number of imidazole rings is 1. The Labute approximate surface area is 125 Å². The number of hydrogen-bond donors (Lipinski definition) is 0. The van der Waals surface area contributed by atoms with E-state index in [1.807, 2.05) is 43.3 Å². The SMILES string of the molecule is CN(C)c1nc(-c2ccccc2)c(-c2ccccc2)n1C. The van der Waals surface area contributed by atoms with Crippen LogP contribution in [0.1, 0.15) is 0 Å². The second-order valence-corrected chi connectivity index (χ2v) is 5.29. The number of hydrogen-bond acceptors (Lipinski definition) is 2. The van der Waals surface area contributed by atoms with E-state index in [9.17, 15) is 0 Å². The highest BCUT2D eigenvalue weighted by Crippen LogP contribution is 2.34. The molecule has 21 heavy (non-hydrogen) atoms. The van der Waals surface area contributed by atoms with Gasteiger partial charge in [0.1, 0.15) is 0 Å². The molecular weight excluding hydrogens is 258 g/mol. The smallest absolute Gasteiger partial charge is 0.205 e. The van der Waals surface area contributed by atoms with Gasteiger partial charge >= 0.3 is 0 Å². The van der Waals surface area contributed by atoms with Gasteiger partial charge in [-0.05, 0) is 0 Å². The summed E-state index contributed by atoms with van der Waals surface area (Å²) in [5.41, 5.74) is 4.48. The summed E-state index contributed by atoms with van der Waals surface area (Å²) in [5, 5.41) is 0. The summed E-state index contributed by atoms with van der Waals surface area (Å²) < 4.78 is 2.15. The number of nitrogens with zero attached hydrogens (tertiary/aromatic N) is 3. The fourth-order valence-electron chi connectivity index (χ4n) is 2.61. The first-order valence-electron chi connectivity index (χ1n) is 7.03. The predicted octanol–water partition coefficient (Wildman–Crippen LogP) is 3.82. The van der Waals surface area contributed by atoms with Crippen LogP contribution >= 0.6 is 0 Å². The molecule has 3 aromatic rings.